The largest absolute Gasteiger partial charge is 0.504 e. The molecule has 0 aliphatic rings. The Morgan fingerprint density at radius 3 is 2.42 bits per heavy atom. The topological polar surface area (TPSA) is 54.4 Å². The van der Waals surface area contributed by atoms with Gasteiger partial charge in [-0.3, -0.25) is 9.59 Å². The van der Waals surface area contributed by atoms with Gasteiger partial charge in [-0.15, -0.1) is 0 Å². The fourth-order valence-electron chi connectivity index (χ4n) is 0.800. The number of halogens is 1. The molecule has 0 fully saturated rings. The second-order valence-corrected chi connectivity index (χ2v) is 2.18. The van der Waals surface area contributed by atoms with Gasteiger partial charge in [-0.25, -0.2) is 4.39 Å². The molecule has 0 spiro atoms. The first-order valence-corrected chi connectivity index (χ1v) is 3.12. The molecule has 0 heterocycles. The number of phenolic OH excluding ortho intramolecular Hbond substituents is 1. The van der Waals surface area contributed by atoms with Crippen LogP contribution in [0.3, 0.4) is 0 Å². The Balaban J connectivity index is 3.37. The van der Waals surface area contributed by atoms with Gasteiger partial charge in [0.25, 0.3) is 0 Å². The molecule has 1 rings (SSSR count). The highest BCUT2D eigenvalue weighted by atomic mass is 19.1. The number of aromatic hydroxyl groups is 1. The van der Waals surface area contributed by atoms with Crippen molar-refractivity contribution in [2.24, 2.45) is 0 Å². The van der Waals surface area contributed by atoms with Gasteiger partial charge in [0.05, 0.1) is 5.56 Å². The summed E-state index contributed by atoms with van der Waals surface area (Å²) < 4.78 is 12.6. The van der Waals surface area contributed by atoms with Crippen molar-refractivity contribution < 1.29 is 19.1 Å². The number of carbonyl (C=O) groups is 2. The van der Waals surface area contributed by atoms with E-state index in [9.17, 15) is 14.0 Å². The average molecular weight is 168 g/mol. The smallest absolute Gasteiger partial charge is 0.166 e. The highest BCUT2D eigenvalue weighted by molar-refractivity contribution is 5.84. The molecule has 0 amide bonds. The lowest BCUT2D eigenvalue weighted by Crippen LogP contribution is -1.90. The van der Waals surface area contributed by atoms with Crippen LogP contribution in [0.4, 0.5) is 4.39 Å². The minimum Gasteiger partial charge on any atom is -0.504 e. The summed E-state index contributed by atoms with van der Waals surface area (Å²) in [7, 11) is 0. The van der Waals surface area contributed by atoms with E-state index in [0.717, 1.165) is 12.1 Å². The summed E-state index contributed by atoms with van der Waals surface area (Å²) in [5, 5.41) is 8.90. The van der Waals surface area contributed by atoms with Crippen LogP contribution < -0.4 is 0 Å². The van der Waals surface area contributed by atoms with Crippen LogP contribution >= 0.6 is 0 Å². The highest BCUT2D eigenvalue weighted by Gasteiger charge is 2.07. The van der Waals surface area contributed by atoms with Crippen LogP contribution in [0.15, 0.2) is 12.1 Å². The first-order valence-electron chi connectivity index (χ1n) is 3.12. The van der Waals surface area contributed by atoms with Crippen LogP contribution in [-0.4, -0.2) is 17.7 Å². The molecule has 1 N–H and O–H groups in total. The van der Waals surface area contributed by atoms with Gasteiger partial charge in [-0.05, 0) is 12.1 Å². The van der Waals surface area contributed by atoms with Crippen molar-refractivity contribution >= 4 is 12.6 Å². The molecule has 0 radical (unpaired) electrons. The lowest BCUT2D eigenvalue weighted by atomic mass is 10.1. The zero-order chi connectivity index (χ0) is 9.14. The maximum Gasteiger partial charge on any atom is 0.166 e. The van der Waals surface area contributed by atoms with E-state index < -0.39 is 11.6 Å². The molecular formula is C8H5FO3. The van der Waals surface area contributed by atoms with E-state index in [2.05, 4.69) is 0 Å². The molecule has 0 aromatic heterocycles. The predicted molar refractivity (Wildman–Crippen MR) is 38.8 cm³/mol. The highest BCUT2D eigenvalue weighted by Crippen LogP contribution is 2.20. The van der Waals surface area contributed by atoms with Gasteiger partial charge in [0.15, 0.2) is 17.9 Å². The van der Waals surface area contributed by atoms with Gasteiger partial charge in [-0.1, -0.05) is 0 Å². The third kappa shape index (κ3) is 1.32. The molecule has 0 unspecified atom stereocenters. The quantitative estimate of drug-likeness (QED) is 0.674. The molecule has 0 bridgehead atoms. The maximum absolute atomic E-state index is 12.6. The summed E-state index contributed by atoms with van der Waals surface area (Å²) in [5.41, 5.74) is -0.204. The van der Waals surface area contributed by atoms with Crippen LogP contribution in [0.25, 0.3) is 0 Å². The van der Waals surface area contributed by atoms with Crippen molar-refractivity contribution in [2.45, 2.75) is 0 Å². The molecule has 0 saturated heterocycles. The summed E-state index contributed by atoms with van der Waals surface area (Å²) >= 11 is 0. The van der Waals surface area contributed by atoms with E-state index >= 15 is 0 Å². The van der Waals surface area contributed by atoms with Gasteiger partial charge in [0, 0.05) is 5.56 Å². The van der Waals surface area contributed by atoms with Crippen LogP contribution in [0, 0.1) is 5.82 Å². The van der Waals surface area contributed by atoms with Gasteiger partial charge in [0.1, 0.15) is 6.29 Å². The molecule has 0 aliphatic heterocycles. The van der Waals surface area contributed by atoms with Crippen molar-refractivity contribution in [3.8, 4) is 5.75 Å². The minimum absolute atomic E-state index is 0.0207. The fraction of sp³-hybridized carbons (Fsp3) is 0. The van der Waals surface area contributed by atoms with Gasteiger partial charge in [0.2, 0.25) is 0 Å². The van der Waals surface area contributed by atoms with E-state index in [-0.39, 0.29) is 17.4 Å². The molecular weight excluding hydrogens is 163 g/mol. The molecule has 3 nitrogen and oxygen atoms in total. The lowest BCUT2D eigenvalue weighted by molar-refractivity contribution is 0.112. The summed E-state index contributed by atoms with van der Waals surface area (Å²) in [6.07, 6.45) is 0.681. The van der Waals surface area contributed by atoms with Crippen LogP contribution in [-0.2, 0) is 0 Å². The molecule has 12 heavy (non-hydrogen) atoms. The van der Waals surface area contributed by atoms with Gasteiger partial charge >= 0.3 is 0 Å². The third-order valence-electron chi connectivity index (χ3n) is 1.38. The number of benzene rings is 1. The van der Waals surface area contributed by atoms with E-state index in [1.807, 2.05) is 0 Å². The Morgan fingerprint density at radius 1 is 1.25 bits per heavy atom. The number of rotatable bonds is 2. The molecule has 62 valence electrons. The molecule has 0 atom stereocenters. The number of hydrogen-bond acceptors (Lipinski definition) is 3. The zero-order valence-corrected chi connectivity index (χ0v) is 5.95. The summed E-state index contributed by atoms with van der Waals surface area (Å²) in [6, 6.07) is 1.97. The second-order valence-electron chi connectivity index (χ2n) is 2.18. The summed E-state index contributed by atoms with van der Waals surface area (Å²) in [4.78, 5) is 20.4. The molecule has 1 aromatic carbocycles. The Labute approximate surface area is 67.4 Å². The normalized spacial score (nSPS) is 9.42. The first-order chi connectivity index (χ1) is 5.69. The van der Waals surface area contributed by atoms with E-state index in [1.165, 1.54) is 0 Å². The van der Waals surface area contributed by atoms with Crippen molar-refractivity contribution in [3.63, 3.8) is 0 Å². The standard InChI is InChI=1S/C8H5FO3/c9-7-2-5(3-10)1-6(4-11)8(7)12/h1-4,12H. The zero-order valence-electron chi connectivity index (χ0n) is 5.95. The molecule has 0 saturated carbocycles. The van der Waals surface area contributed by atoms with E-state index in [0.29, 0.717) is 6.29 Å². The SMILES string of the molecule is O=Cc1cc(F)c(O)c(C=O)c1. The van der Waals surface area contributed by atoms with E-state index in [1.54, 1.807) is 0 Å². The monoisotopic (exact) mass is 168 g/mol. The number of aldehydes is 2. The number of phenols is 1. The Kier molecular flexibility index (Phi) is 2.19. The maximum atomic E-state index is 12.6. The third-order valence-corrected chi connectivity index (χ3v) is 1.38. The lowest BCUT2D eigenvalue weighted by Gasteiger charge is -1.98. The van der Waals surface area contributed by atoms with Gasteiger partial charge in [-0.2, -0.15) is 0 Å². The second kappa shape index (κ2) is 3.13. The first kappa shape index (κ1) is 8.39. The summed E-state index contributed by atoms with van der Waals surface area (Å²) in [6.45, 7) is 0. The van der Waals surface area contributed by atoms with Crippen molar-refractivity contribution in [3.05, 3.63) is 29.1 Å². The Bertz CT molecular complexity index is 333. The number of hydrogen-bond donors (Lipinski definition) is 1. The van der Waals surface area contributed by atoms with E-state index in [4.69, 9.17) is 5.11 Å². The van der Waals surface area contributed by atoms with Crippen LogP contribution in [0.2, 0.25) is 0 Å². The van der Waals surface area contributed by atoms with Crippen molar-refractivity contribution in [1.29, 1.82) is 0 Å². The van der Waals surface area contributed by atoms with Crippen molar-refractivity contribution in [1.82, 2.24) is 0 Å². The molecule has 4 heteroatoms. The van der Waals surface area contributed by atoms with Gasteiger partial charge < -0.3 is 5.11 Å². The van der Waals surface area contributed by atoms with Crippen molar-refractivity contribution in [2.75, 3.05) is 0 Å². The fourth-order valence-corrected chi connectivity index (χ4v) is 0.800. The summed E-state index contributed by atoms with van der Waals surface area (Å²) in [5.74, 6) is -1.70. The average Bonchev–Trinajstić information content (AvgIpc) is 2.09. The molecule has 0 aliphatic carbocycles. The van der Waals surface area contributed by atoms with Crippen LogP contribution in [0.5, 0.6) is 5.75 Å². The molecule has 1 aromatic rings. The minimum atomic E-state index is -0.971. The number of carbonyl (C=O) groups excluding carboxylic acids is 2. The van der Waals surface area contributed by atoms with Crippen LogP contribution in [0.1, 0.15) is 20.7 Å². The Hall–Kier alpha value is -1.71. The predicted octanol–water partition coefficient (Wildman–Crippen LogP) is 1.16. The Morgan fingerprint density at radius 2 is 1.92 bits per heavy atom.